The lowest BCUT2D eigenvalue weighted by atomic mass is 10.3. The topological polar surface area (TPSA) is 80.7 Å². The van der Waals surface area contributed by atoms with Crippen LogP contribution in [-0.2, 0) is 19.1 Å². The Balaban J connectivity index is 4.21. The summed E-state index contributed by atoms with van der Waals surface area (Å²) in [6.45, 7) is 0. The van der Waals surface area contributed by atoms with Crippen molar-refractivity contribution in [2.75, 3.05) is 5.88 Å². The number of carbonyl (C=O) groups excluding carboxylic acids is 2. The summed E-state index contributed by atoms with van der Waals surface area (Å²) in [5.41, 5.74) is -1.87. The normalized spacial score (nSPS) is 14.2. The molecule has 0 aliphatic heterocycles. The first-order valence-corrected chi connectivity index (χ1v) is 4.61. The summed E-state index contributed by atoms with van der Waals surface area (Å²) in [6.07, 6.45) is 0. The van der Waals surface area contributed by atoms with Crippen molar-refractivity contribution in [2.45, 2.75) is 10.9 Å². The van der Waals surface area contributed by atoms with Gasteiger partial charge in [-0.3, -0.25) is 4.79 Å². The Morgan fingerprint density at radius 2 is 1.79 bits per heavy atom. The number of carbonyl (C=O) groups is 3. The second-order valence-corrected chi connectivity index (χ2v) is 3.15. The van der Waals surface area contributed by atoms with Gasteiger partial charge in [-0.15, -0.1) is 23.2 Å². The van der Waals surface area contributed by atoms with E-state index in [0.717, 1.165) is 0 Å². The smallest absolute Gasteiger partial charge is 0.361 e. The van der Waals surface area contributed by atoms with Gasteiger partial charge in [0.05, 0.1) is 5.88 Å². The number of hydrogen-bond donors (Lipinski definition) is 1. The molecule has 0 aliphatic rings. The molecule has 0 fully saturated rings. The molecule has 2 atom stereocenters. The van der Waals surface area contributed by atoms with Crippen molar-refractivity contribution in [1.82, 2.24) is 0 Å². The number of halogens is 3. The zero-order valence-corrected chi connectivity index (χ0v) is 8.84. The zero-order valence-electron chi connectivity index (χ0n) is 6.58. The van der Waals surface area contributed by atoms with Gasteiger partial charge in [-0.2, -0.15) is 0 Å². The molecule has 80 valence electrons. The largest absolute Gasteiger partial charge is 0.478 e. The Kier molecular flexibility index (Phi) is 5.83. The van der Waals surface area contributed by atoms with Gasteiger partial charge in [0.1, 0.15) is 0 Å². The van der Waals surface area contributed by atoms with Crippen LogP contribution in [-0.4, -0.2) is 39.6 Å². The van der Waals surface area contributed by atoms with E-state index < -0.39 is 34.5 Å². The van der Waals surface area contributed by atoms with Crippen LogP contribution in [0.25, 0.3) is 0 Å². The number of aliphatic carboxylic acids is 1. The summed E-state index contributed by atoms with van der Waals surface area (Å²) in [5, 5.41) is 6.61. The van der Waals surface area contributed by atoms with E-state index in [1.165, 1.54) is 0 Å². The number of carboxylic acids is 1. The minimum atomic E-state index is -1.87. The summed E-state index contributed by atoms with van der Waals surface area (Å²) in [5.74, 6) is -4.04. The highest BCUT2D eigenvalue weighted by Crippen LogP contribution is 2.07. The Morgan fingerprint density at radius 3 is 2.14 bits per heavy atom. The minimum absolute atomic E-state index is 0.469. The molecule has 0 aromatic carbocycles. The molecule has 1 N–H and O–H groups in total. The second-order valence-electron chi connectivity index (χ2n) is 2.05. The average Bonchev–Trinajstić information content (AvgIpc) is 2.14. The first-order chi connectivity index (χ1) is 6.40. The molecule has 0 bridgehead atoms. The van der Waals surface area contributed by atoms with Crippen LogP contribution in [0.2, 0.25) is 0 Å². The Bertz CT molecular complexity index is 254. The third-order valence-corrected chi connectivity index (χ3v) is 2.00. The number of alkyl halides is 3. The zero-order chi connectivity index (χ0) is 11.3. The third-order valence-electron chi connectivity index (χ3n) is 1.04. The highest BCUT2D eigenvalue weighted by atomic mass is 35.5. The number of hydrogen-bond acceptors (Lipinski definition) is 4. The number of ether oxygens (including phenoxy) is 1. The van der Waals surface area contributed by atoms with E-state index in [1.54, 1.807) is 0 Å². The molecular weight excluding hydrogens is 258 g/mol. The molecule has 0 heterocycles. The van der Waals surface area contributed by atoms with Gasteiger partial charge in [-0.25, -0.2) is 9.59 Å². The Morgan fingerprint density at radius 1 is 1.29 bits per heavy atom. The van der Waals surface area contributed by atoms with Crippen molar-refractivity contribution < 1.29 is 24.2 Å². The molecule has 0 rings (SSSR count). The molecule has 0 spiro atoms. The molecule has 0 amide bonds. The van der Waals surface area contributed by atoms with E-state index in [4.69, 9.17) is 39.9 Å². The average molecular weight is 263 g/mol. The van der Waals surface area contributed by atoms with Crippen LogP contribution >= 0.6 is 34.8 Å². The van der Waals surface area contributed by atoms with E-state index in [0.29, 0.717) is 0 Å². The van der Waals surface area contributed by atoms with Crippen molar-refractivity contribution in [1.29, 1.82) is 0 Å². The lowest BCUT2D eigenvalue weighted by Crippen LogP contribution is -2.32. The summed E-state index contributed by atoms with van der Waals surface area (Å²) in [4.78, 5) is 31.8. The van der Waals surface area contributed by atoms with Crippen molar-refractivity contribution >= 4 is 52.5 Å². The number of rotatable bonds is 5. The van der Waals surface area contributed by atoms with Gasteiger partial charge < -0.3 is 9.84 Å². The van der Waals surface area contributed by atoms with E-state index in [9.17, 15) is 14.4 Å². The first-order valence-electron chi connectivity index (χ1n) is 3.20. The molecule has 0 aliphatic carbocycles. The molecule has 0 saturated heterocycles. The van der Waals surface area contributed by atoms with Crippen LogP contribution < -0.4 is 0 Å². The molecular formula is C6H5Cl3O5. The highest BCUT2D eigenvalue weighted by Gasteiger charge is 2.28. The fraction of sp³-hybridized carbons (Fsp3) is 0.500. The van der Waals surface area contributed by atoms with Gasteiger partial charge in [0.2, 0.25) is 0 Å². The van der Waals surface area contributed by atoms with Gasteiger partial charge in [0.15, 0.2) is 11.2 Å². The molecule has 0 saturated carbocycles. The SMILES string of the molecule is O=C(O)C(Cl)OC(=O)C(Cl)C(=O)CCl. The molecule has 2 unspecified atom stereocenters. The number of esters is 1. The quantitative estimate of drug-likeness (QED) is 0.446. The van der Waals surface area contributed by atoms with Gasteiger partial charge in [-0.1, -0.05) is 11.6 Å². The lowest BCUT2D eigenvalue weighted by Gasteiger charge is -2.09. The maximum absolute atomic E-state index is 10.9. The van der Waals surface area contributed by atoms with Gasteiger partial charge in [-0.05, 0) is 0 Å². The van der Waals surface area contributed by atoms with E-state index in [-0.39, 0.29) is 0 Å². The van der Waals surface area contributed by atoms with Crippen molar-refractivity contribution in [2.24, 2.45) is 0 Å². The Hall–Kier alpha value is -0.520. The standard InChI is InChI=1S/C6H5Cl3O5/c7-1-2(10)3(8)6(13)14-4(9)5(11)12/h3-4H,1H2,(H,11,12). The van der Waals surface area contributed by atoms with Crippen LogP contribution in [0.3, 0.4) is 0 Å². The molecule has 0 radical (unpaired) electrons. The molecule has 5 nitrogen and oxygen atoms in total. The summed E-state index contributed by atoms with van der Waals surface area (Å²) in [6, 6.07) is 0. The number of carboxylic acid groups (broad SMARTS) is 1. The van der Waals surface area contributed by atoms with Crippen molar-refractivity contribution in [3.63, 3.8) is 0 Å². The van der Waals surface area contributed by atoms with Crippen molar-refractivity contribution in [3.05, 3.63) is 0 Å². The molecule has 0 aromatic heterocycles. The van der Waals surface area contributed by atoms with E-state index in [2.05, 4.69) is 4.74 Å². The van der Waals surface area contributed by atoms with Crippen LogP contribution in [0, 0.1) is 0 Å². The first kappa shape index (κ1) is 13.5. The summed E-state index contributed by atoms with van der Waals surface area (Å²) < 4.78 is 4.11. The maximum Gasteiger partial charge on any atom is 0.361 e. The van der Waals surface area contributed by atoms with Gasteiger partial charge in [0.25, 0.3) is 5.56 Å². The molecule has 0 aromatic rings. The van der Waals surface area contributed by atoms with Crippen LogP contribution in [0.4, 0.5) is 0 Å². The van der Waals surface area contributed by atoms with Gasteiger partial charge >= 0.3 is 11.9 Å². The lowest BCUT2D eigenvalue weighted by molar-refractivity contribution is -0.158. The van der Waals surface area contributed by atoms with Crippen molar-refractivity contribution in [3.8, 4) is 0 Å². The molecule has 8 heteroatoms. The third kappa shape index (κ3) is 4.13. The predicted octanol–water partition coefficient (Wildman–Crippen LogP) is 0.594. The van der Waals surface area contributed by atoms with Crippen LogP contribution in [0.1, 0.15) is 0 Å². The number of ketones is 1. The summed E-state index contributed by atoms with van der Waals surface area (Å²) >= 11 is 15.4. The van der Waals surface area contributed by atoms with Crippen LogP contribution in [0.5, 0.6) is 0 Å². The predicted molar refractivity (Wildman–Crippen MR) is 48.7 cm³/mol. The number of Topliss-reactive ketones (excluding diaryl/α,β-unsaturated/α-hetero) is 1. The minimum Gasteiger partial charge on any atom is -0.478 e. The van der Waals surface area contributed by atoms with E-state index >= 15 is 0 Å². The Labute approximate surface area is 93.9 Å². The summed E-state index contributed by atoms with van der Waals surface area (Å²) in [7, 11) is 0. The van der Waals surface area contributed by atoms with Crippen LogP contribution in [0.15, 0.2) is 0 Å². The molecule has 14 heavy (non-hydrogen) atoms. The fourth-order valence-corrected chi connectivity index (χ4v) is 0.861. The second kappa shape index (κ2) is 6.06. The fourth-order valence-electron chi connectivity index (χ4n) is 0.411. The highest BCUT2D eigenvalue weighted by molar-refractivity contribution is 6.45. The monoisotopic (exact) mass is 262 g/mol. The van der Waals surface area contributed by atoms with E-state index in [1.807, 2.05) is 0 Å². The maximum atomic E-state index is 10.9. The van der Waals surface area contributed by atoms with Gasteiger partial charge in [0, 0.05) is 0 Å².